The quantitative estimate of drug-likeness (QED) is 0.0893. The van der Waals surface area contributed by atoms with E-state index in [-0.39, 0.29) is 23.3 Å². The van der Waals surface area contributed by atoms with Crippen molar-refractivity contribution in [1.82, 2.24) is 19.6 Å². The Bertz CT molecular complexity index is 1910. The number of rotatable bonds is 12. The van der Waals surface area contributed by atoms with Crippen LogP contribution in [0.2, 0.25) is 0 Å². The summed E-state index contributed by atoms with van der Waals surface area (Å²) in [5.41, 5.74) is 0.107. The molecular weight excluding hydrogens is 725 g/mol. The molecule has 3 aromatic rings. The SMILES string of the molecule is CCON=C(C(=O)N[C@@H]1C(=O)N2C(C(=O)OC(c3ccccc3)c3ccccc3)C(OS(C)(=O)=O)=CS[C@H]12)c1nsc(NC(=O)OC(C)(C)C)n1. The number of carbonyl (C=O) groups excluding carboxylic acids is 4. The van der Waals surface area contributed by atoms with Crippen LogP contribution in [0, 0.1) is 0 Å². The van der Waals surface area contributed by atoms with Crippen LogP contribution in [0.3, 0.4) is 0 Å². The van der Waals surface area contributed by atoms with E-state index in [0.717, 1.165) is 34.5 Å². The van der Waals surface area contributed by atoms with Crippen molar-refractivity contribution in [2.24, 2.45) is 5.16 Å². The number of carbonyl (C=O) groups is 4. The molecule has 1 unspecified atom stereocenters. The minimum Gasteiger partial charge on any atom is -0.451 e. The summed E-state index contributed by atoms with van der Waals surface area (Å²) in [6.07, 6.45) is -0.881. The Morgan fingerprint density at radius 2 is 1.67 bits per heavy atom. The lowest BCUT2D eigenvalue weighted by Gasteiger charge is -2.51. The number of hydrogen-bond acceptors (Lipinski definition) is 15. The molecule has 270 valence electrons. The highest BCUT2D eigenvalue weighted by Gasteiger charge is 2.58. The maximum atomic E-state index is 14.0. The first-order chi connectivity index (χ1) is 24.1. The molecule has 19 heteroatoms. The Balaban J connectivity index is 1.37. The summed E-state index contributed by atoms with van der Waals surface area (Å²) in [5, 5.41) is 9.28. The smallest absolute Gasteiger partial charge is 0.414 e. The van der Waals surface area contributed by atoms with Crippen LogP contribution >= 0.6 is 23.3 Å². The van der Waals surface area contributed by atoms with Gasteiger partial charge in [-0.1, -0.05) is 65.8 Å². The number of hydrogen-bond donors (Lipinski definition) is 2. The highest BCUT2D eigenvalue weighted by atomic mass is 32.2. The van der Waals surface area contributed by atoms with Crippen LogP contribution in [-0.2, 0) is 43.0 Å². The van der Waals surface area contributed by atoms with E-state index < -0.39 is 68.9 Å². The largest absolute Gasteiger partial charge is 0.451 e. The van der Waals surface area contributed by atoms with Gasteiger partial charge in [0.15, 0.2) is 17.9 Å². The Kier molecular flexibility index (Phi) is 11.3. The van der Waals surface area contributed by atoms with Crippen LogP contribution in [-0.4, -0.2) is 88.2 Å². The lowest BCUT2D eigenvalue weighted by molar-refractivity contribution is -0.166. The van der Waals surface area contributed by atoms with Crippen molar-refractivity contribution in [2.75, 3.05) is 18.2 Å². The lowest BCUT2D eigenvalue weighted by atomic mass is 10.00. The molecule has 1 fully saturated rings. The molecular formula is C32H34N6O10S3. The van der Waals surface area contributed by atoms with Gasteiger partial charge < -0.3 is 28.7 Å². The monoisotopic (exact) mass is 758 g/mol. The highest BCUT2D eigenvalue weighted by Crippen LogP contribution is 2.42. The van der Waals surface area contributed by atoms with Gasteiger partial charge in [-0.05, 0) is 38.8 Å². The van der Waals surface area contributed by atoms with Crippen molar-refractivity contribution in [2.45, 2.75) is 56.9 Å². The van der Waals surface area contributed by atoms with Crippen molar-refractivity contribution < 1.29 is 46.1 Å². The Hall–Kier alpha value is -5.01. The minimum atomic E-state index is -4.13. The van der Waals surface area contributed by atoms with Gasteiger partial charge in [0.1, 0.15) is 23.6 Å². The fourth-order valence-corrected chi connectivity index (χ4v) is 7.15. The molecule has 1 saturated heterocycles. The summed E-state index contributed by atoms with van der Waals surface area (Å²) in [6, 6.07) is 15.0. The highest BCUT2D eigenvalue weighted by molar-refractivity contribution is 8.03. The van der Waals surface area contributed by atoms with E-state index >= 15 is 0 Å². The van der Waals surface area contributed by atoms with E-state index in [9.17, 15) is 27.6 Å². The van der Waals surface area contributed by atoms with Crippen LogP contribution < -0.4 is 10.6 Å². The summed E-state index contributed by atoms with van der Waals surface area (Å²) < 4.78 is 44.8. The number of ether oxygens (including phenoxy) is 2. The molecule has 51 heavy (non-hydrogen) atoms. The van der Waals surface area contributed by atoms with Gasteiger partial charge >= 0.3 is 22.2 Å². The maximum absolute atomic E-state index is 14.0. The van der Waals surface area contributed by atoms with Gasteiger partial charge in [-0.2, -0.15) is 17.8 Å². The average molecular weight is 759 g/mol. The summed E-state index contributed by atoms with van der Waals surface area (Å²) in [5.74, 6) is -3.11. The fraction of sp³-hybridized carbons (Fsp3) is 0.344. The van der Waals surface area contributed by atoms with Crippen molar-refractivity contribution >= 4 is 68.1 Å². The predicted molar refractivity (Wildman–Crippen MR) is 187 cm³/mol. The molecule has 0 spiro atoms. The summed E-state index contributed by atoms with van der Waals surface area (Å²) in [4.78, 5) is 63.7. The van der Waals surface area contributed by atoms with Gasteiger partial charge in [0.2, 0.25) is 22.6 Å². The van der Waals surface area contributed by atoms with Crippen molar-refractivity contribution in [3.8, 4) is 0 Å². The second-order valence-corrected chi connectivity index (χ2v) is 15.3. The maximum Gasteiger partial charge on any atom is 0.414 e. The molecule has 2 aliphatic rings. The summed E-state index contributed by atoms with van der Waals surface area (Å²) >= 11 is 1.72. The number of aromatic nitrogens is 2. The standard InChI is InChI=1S/C32H34N6O10S3/c1-6-45-36-21(25-34-30(50-37-25)35-31(42)47-32(2,3)4)26(39)33-22-27(40)38-23(20(17-49-28(22)38)48-51(5,43)44)29(41)46-24(18-13-9-7-10-14-18)19-15-11-8-12-16-19/h7-17,22-24,28H,6H2,1-5H3,(H,33,39)(H,34,35,37,42)/t22-,23?,28-/m1/s1. The number of benzene rings is 2. The van der Waals surface area contributed by atoms with Crippen LogP contribution in [0.5, 0.6) is 0 Å². The second kappa shape index (κ2) is 15.5. The first kappa shape index (κ1) is 37.3. The predicted octanol–water partition coefficient (Wildman–Crippen LogP) is 3.54. The van der Waals surface area contributed by atoms with Crippen LogP contribution in [0.4, 0.5) is 9.93 Å². The zero-order valence-corrected chi connectivity index (χ0v) is 30.4. The topological polar surface area (TPSA) is 205 Å². The van der Waals surface area contributed by atoms with Gasteiger partial charge in [-0.15, -0.1) is 11.8 Å². The molecule has 0 aliphatic carbocycles. The zero-order chi connectivity index (χ0) is 36.9. The third-order valence-corrected chi connectivity index (χ3v) is 9.17. The number of oxime groups is 1. The van der Waals surface area contributed by atoms with Gasteiger partial charge in [-0.3, -0.25) is 14.9 Å². The molecule has 0 bridgehead atoms. The summed E-state index contributed by atoms with van der Waals surface area (Å²) in [6.45, 7) is 6.79. The number of amides is 3. The van der Waals surface area contributed by atoms with E-state index in [4.69, 9.17) is 18.5 Å². The van der Waals surface area contributed by atoms with Crippen LogP contribution in [0.25, 0.3) is 0 Å². The van der Waals surface area contributed by atoms with Crippen molar-refractivity contribution in [1.29, 1.82) is 0 Å². The average Bonchev–Trinajstić information content (AvgIpc) is 3.52. The molecule has 5 rings (SSSR count). The molecule has 1 aromatic heterocycles. The molecule has 3 amide bonds. The van der Waals surface area contributed by atoms with Crippen LogP contribution in [0.1, 0.15) is 50.8 Å². The van der Waals surface area contributed by atoms with Gasteiger partial charge in [-0.25, -0.2) is 9.59 Å². The molecule has 2 aromatic carbocycles. The third-order valence-electron chi connectivity index (χ3n) is 6.89. The molecule has 16 nitrogen and oxygen atoms in total. The number of thioether (sulfide) groups is 1. The number of β-lactam (4-membered cyclic amide) rings is 1. The molecule has 2 aliphatic heterocycles. The fourth-order valence-electron chi connectivity index (χ4n) is 4.89. The molecule has 3 heterocycles. The van der Waals surface area contributed by atoms with E-state index in [2.05, 4.69) is 25.1 Å². The number of esters is 1. The third kappa shape index (κ3) is 9.21. The molecule has 3 atom stereocenters. The van der Waals surface area contributed by atoms with E-state index in [0.29, 0.717) is 11.1 Å². The van der Waals surface area contributed by atoms with Crippen molar-refractivity contribution in [3.05, 3.63) is 88.8 Å². The number of nitrogens with zero attached hydrogens (tertiary/aromatic N) is 4. The van der Waals surface area contributed by atoms with E-state index in [1.807, 2.05) is 0 Å². The first-order valence-corrected chi connectivity index (χ1v) is 18.9. The lowest BCUT2D eigenvalue weighted by Crippen LogP contribution is -2.74. The molecule has 0 saturated carbocycles. The van der Waals surface area contributed by atoms with Gasteiger partial charge in [0.25, 0.3) is 5.91 Å². The van der Waals surface area contributed by atoms with E-state index in [1.54, 1.807) is 88.4 Å². The molecule has 0 radical (unpaired) electrons. The zero-order valence-electron chi connectivity index (χ0n) is 28.0. The van der Waals surface area contributed by atoms with Gasteiger partial charge in [0, 0.05) is 16.9 Å². The van der Waals surface area contributed by atoms with Gasteiger partial charge in [0.05, 0.1) is 6.26 Å². The Morgan fingerprint density at radius 1 is 1.04 bits per heavy atom. The first-order valence-electron chi connectivity index (χ1n) is 15.4. The number of anilines is 1. The number of nitrogens with one attached hydrogen (secondary N) is 2. The van der Waals surface area contributed by atoms with Crippen molar-refractivity contribution in [3.63, 3.8) is 0 Å². The molecule has 2 N–H and O–H groups in total. The normalized spacial score (nSPS) is 18.9. The second-order valence-electron chi connectivity index (χ2n) is 12.0. The van der Waals surface area contributed by atoms with Crippen LogP contribution in [0.15, 0.2) is 77.0 Å². The number of fused-ring (bicyclic) bond motifs is 1. The minimum absolute atomic E-state index is 0.0131. The van der Waals surface area contributed by atoms with E-state index in [1.165, 1.54) is 5.41 Å². The summed E-state index contributed by atoms with van der Waals surface area (Å²) in [7, 11) is -4.13. The Morgan fingerprint density at radius 3 is 2.24 bits per heavy atom. The Labute approximate surface area is 301 Å².